The van der Waals surface area contributed by atoms with Crippen LogP contribution < -0.4 is 0 Å². The van der Waals surface area contributed by atoms with Gasteiger partial charge in [0.15, 0.2) is 0 Å². The molecule has 0 heterocycles. The van der Waals surface area contributed by atoms with E-state index in [0.29, 0.717) is 12.2 Å². The van der Waals surface area contributed by atoms with Gasteiger partial charge < -0.3 is 0 Å². The van der Waals surface area contributed by atoms with Gasteiger partial charge in [-0.3, -0.25) is 4.79 Å². The first kappa shape index (κ1) is 11.1. The summed E-state index contributed by atoms with van der Waals surface area (Å²) in [6.45, 7) is 5.83. The highest BCUT2D eigenvalue weighted by molar-refractivity contribution is 5.93. The molecule has 1 aromatic rings. The molecule has 0 saturated heterocycles. The van der Waals surface area contributed by atoms with Crippen LogP contribution >= 0.6 is 0 Å². The van der Waals surface area contributed by atoms with Crippen LogP contribution in [0.2, 0.25) is 0 Å². The van der Waals surface area contributed by atoms with Gasteiger partial charge >= 0.3 is 0 Å². The van der Waals surface area contributed by atoms with E-state index < -0.39 is 0 Å². The SMILES string of the molecule is C=C(C)CCC(=O)C1(c2ccccc2)CC1. The van der Waals surface area contributed by atoms with Gasteiger partial charge in [0.2, 0.25) is 0 Å². The van der Waals surface area contributed by atoms with Crippen LogP contribution in [0.15, 0.2) is 42.5 Å². The second-order valence-electron chi connectivity index (χ2n) is 4.83. The van der Waals surface area contributed by atoms with Crippen LogP contribution in [-0.2, 0) is 10.2 Å². The summed E-state index contributed by atoms with van der Waals surface area (Å²) < 4.78 is 0. The highest BCUT2D eigenvalue weighted by Gasteiger charge is 2.49. The highest BCUT2D eigenvalue weighted by Crippen LogP contribution is 2.49. The van der Waals surface area contributed by atoms with Gasteiger partial charge in [-0.05, 0) is 31.7 Å². The van der Waals surface area contributed by atoms with Crippen molar-refractivity contribution < 1.29 is 4.79 Å². The molecular formula is C15H18O. The molecule has 1 aliphatic carbocycles. The van der Waals surface area contributed by atoms with E-state index in [0.717, 1.165) is 24.8 Å². The smallest absolute Gasteiger partial charge is 0.143 e. The Morgan fingerprint density at radius 1 is 1.25 bits per heavy atom. The quantitative estimate of drug-likeness (QED) is 0.684. The van der Waals surface area contributed by atoms with Gasteiger partial charge in [0.1, 0.15) is 5.78 Å². The van der Waals surface area contributed by atoms with Gasteiger partial charge in [0.05, 0.1) is 5.41 Å². The van der Waals surface area contributed by atoms with E-state index >= 15 is 0 Å². The van der Waals surface area contributed by atoms with Crippen molar-refractivity contribution in [3.8, 4) is 0 Å². The van der Waals surface area contributed by atoms with Gasteiger partial charge in [-0.15, -0.1) is 6.58 Å². The van der Waals surface area contributed by atoms with E-state index in [4.69, 9.17) is 0 Å². The summed E-state index contributed by atoms with van der Waals surface area (Å²) in [5.74, 6) is 0.390. The number of Topliss-reactive ketones (excluding diaryl/α,β-unsaturated/α-hetero) is 1. The largest absolute Gasteiger partial charge is 0.299 e. The fourth-order valence-electron chi connectivity index (χ4n) is 2.18. The molecule has 0 N–H and O–H groups in total. The number of hydrogen-bond acceptors (Lipinski definition) is 1. The molecule has 0 bridgehead atoms. The molecule has 2 rings (SSSR count). The summed E-state index contributed by atoms with van der Waals surface area (Å²) in [4.78, 5) is 12.2. The fourth-order valence-corrected chi connectivity index (χ4v) is 2.18. The molecule has 1 saturated carbocycles. The third kappa shape index (κ3) is 2.08. The van der Waals surface area contributed by atoms with E-state index in [1.54, 1.807) is 0 Å². The summed E-state index contributed by atoms with van der Waals surface area (Å²) in [5, 5.41) is 0. The number of ketones is 1. The molecule has 1 fully saturated rings. The third-order valence-corrected chi connectivity index (χ3v) is 3.39. The summed E-state index contributed by atoms with van der Waals surface area (Å²) in [6, 6.07) is 10.2. The Balaban J connectivity index is 2.09. The van der Waals surface area contributed by atoms with Crippen LogP contribution in [0.4, 0.5) is 0 Å². The Hall–Kier alpha value is -1.37. The van der Waals surface area contributed by atoms with Crippen LogP contribution in [0.5, 0.6) is 0 Å². The molecule has 84 valence electrons. The van der Waals surface area contributed by atoms with Gasteiger partial charge in [-0.25, -0.2) is 0 Å². The van der Waals surface area contributed by atoms with Crippen molar-refractivity contribution in [1.82, 2.24) is 0 Å². The van der Waals surface area contributed by atoms with Crippen molar-refractivity contribution >= 4 is 5.78 Å². The normalized spacial score (nSPS) is 16.8. The first-order valence-corrected chi connectivity index (χ1v) is 5.88. The van der Waals surface area contributed by atoms with Crippen molar-refractivity contribution in [2.75, 3.05) is 0 Å². The first-order chi connectivity index (χ1) is 7.65. The number of carbonyl (C=O) groups is 1. The summed E-state index contributed by atoms with van der Waals surface area (Å²) in [7, 11) is 0. The van der Waals surface area contributed by atoms with Crippen molar-refractivity contribution in [3.05, 3.63) is 48.0 Å². The molecular weight excluding hydrogens is 196 g/mol. The molecule has 1 heteroatoms. The minimum atomic E-state index is -0.142. The van der Waals surface area contributed by atoms with Gasteiger partial charge in [0, 0.05) is 6.42 Å². The molecule has 0 aromatic heterocycles. The number of allylic oxidation sites excluding steroid dienone is 1. The van der Waals surface area contributed by atoms with E-state index in [1.165, 1.54) is 5.56 Å². The lowest BCUT2D eigenvalue weighted by molar-refractivity contribution is -0.121. The molecule has 0 unspecified atom stereocenters. The predicted octanol–water partition coefficient (Wildman–Crippen LogP) is 3.64. The highest BCUT2D eigenvalue weighted by atomic mass is 16.1. The number of rotatable bonds is 5. The Morgan fingerprint density at radius 3 is 2.38 bits per heavy atom. The maximum absolute atomic E-state index is 12.2. The predicted molar refractivity (Wildman–Crippen MR) is 66.4 cm³/mol. The zero-order chi connectivity index (χ0) is 11.6. The minimum Gasteiger partial charge on any atom is -0.299 e. The van der Waals surface area contributed by atoms with Crippen molar-refractivity contribution in [2.45, 2.75) is 38.0 Å². The van der Waals surface area contributed by atoms with Crippen LogP contribution in [-0.4, -0.2) is 5.78 Å². The average molecular weight is 214 g/mol. The zero-order valence-electron chi connectivity index (χ0n) is 9.83. The standard InChI is InChI=1S/C15H18O/c1-12(2)8-9-14(16)15(10-11-15)13-6-4-3-5-7-13/h3-7H,1,8-11H2,2H3. The summed E-state index contributed by atoms with van der Waals surface area (Å²) in [5.41, 5.74) is 2.15. The molecule has 16 heavy (non-hydrogen) atoms. The van der Waals surface area contributed by atoms with Crippen LogP contribution in [0, 0.1) is 0 Å². The van der Waals surface area contributed by atoms with Gasteiger partial charge in [-0.2, -0.15) is 0 Å². The molecule has 0 radical (unpaired) electrons. The number of carbonyl (C=O) groups excluding carboxylic acids is 1. The number of benzene rings is 1. The topological polar surface area (TPSA) is 17.1 Å². The third-order valence-electron chi connectivity index (χ3n) is 3.39. The number of hydrogen-bond donors (Lipinski definition) is 0. The first-order valence-electron chi connectivity index (χ1n) is 5.88. The second-order valence-corrected chi connectivity index (χ2v) is 4.83. The Kier molecular flexibility index (Phi) is 2.95. The zero-order valence-corrected chi connectivity index (χ0v) is 9.83. The van der Waals surface area contributed by atoms with Crippen LogP contribution in [0.25, 0.3) is 0 Å². The van der Waals surface area contributed by atoms with E-state index in [1.807, 2.05) is 25.1 Å². The lowest BCUT2D eigenvalue weighted by Crippen LogP contribution is -2.20. The molecule has 1 aliphatic rings. The maximum Gasteiger partial charge on any atom is 0.143 e. The van der Waals surface area contributed by atoms with Crippen molar-refractivity contribution in [2.24, 2.45) is 0 Å². The molecule has 0 atom stereocenters. The summed E-state index contributed by atoms with van der Waals surface area (Å²) >= 11 is 0. The van der Waals surface area contributed by atoms with Crippen LogP contribution in [0.3, 0.4) is 0 Å². The van der Waals surface area contributed by atoms with Crippen molar-refractivity contribution in [3.63, 3.8) is 0 Å². The fraction of sp³-hybridized carbons (Fsp3) is 0.400. The molecule has 0 spiro atoms. The van der Waals surface area contributed by atoms with Crippen LogP contribution in [0.1, 0.15) is 38.2 Å². The average Bonchev–Trinajstić information content (AvgIpc) is 3.08. The van der Waals surface area contributed by atoms with Gasteiger partial charge in [-0.1, -0.05) is 35.9 Å². The monoisotopic (exact) mass is 214 g/mol. The summed E-state index contributed by atoms with van der Waals surface area (Å²) in [6.07, 6.45) is 3.51. The Morgan fingerprint density at radius 2 is 1.88 bits per heavy atom. The van der Waals surface area contributed by atoms with E-state index in [2.05, 4.69) is 18.7 Å². The van der Waals surface area contributed by atoms with E-state index in [9.17, 15) is 4.79 Å². The molecule has 1 aromatic carbocycles. The molecule has 0 amide bonds. The molecule has 1 nitrogen and oxygen atoms in total. The van der Waals surface area contributed by atoms with E-state index in [-0.39, 0.29) is 5.41 Å². The second kappa shape index (κ2) is 4.25. The minimum absolute atomic E-state index is 0.142. The maximum atomic E-state index is 12.2. The molecule has 0 aliphatic heterocycles. The lowest BCUT2D eigenvalue weighted by Gasteiger charge is -2.14. The Bertz CT molecular complexity index is 399. The van der Waals surface area contributed by atoms with Gasteiger partial charge in [0.25, 0.3) is 0 Å². The van der Waals surface area contributed by atoms with Crippen molar-refractivity contribution in [1.29, 1.82) is 0 Å². The lowest BCUT2D eigenvalue weighted by atomic mass is 9.88. The Labute approximate surface area is 97.2 Å².